The van der Waals surface area contributed by atoms with Crippen molar-refractivity contribution in [1.29, 1.82) is 0 Å². The number of aromatic nitrogens is 2. The third-order valence-corrected chi connectivity index (χ3v) is 6.24. The van der Waals surface area contributed by atoms with Crippen LogP contribution in [0.15, 0.2) is 6.33 Å². The van der Waals surface area contributed by atoms with Gasteiger partial charge in [0, 0.05) is 18.0 Å². The summed E-state index contributed by atoms with van der Waals surface area (Å²) in [5, 5.41) is 10.6. The number of anilines is 1. The molecular weight excluding hydrogens is 310 g/mol. The first-order valence-electron chi connectivity index (χ1n) is 8.36. The highest BCUT2D eigenvalue weighted by Gasteiger charge is 2.32. The second-order valence-corrected chi connectivity index (χ2v) is 7.95. The molecule has 0 bridgehead atoms. The predicted octanol–water partition coefficient (Wildman–Crippen LogP) is 3.12. The number of aryl methyl sites for hydroxylation is 2. The minimum atomic E-state index is -0.695. The molecule has 0 amide bonds. The van der Waals surface area contributed by atoms with E-state index in [9.17, 15) is 9.90 Å². The van der Waals surface area contributed by atoms with Gasteiger partial charge in [-0.3, -0.25) is 4.79 Å². The summed E-state index contributed by atoms with van der Waals surface area (Å²) >= 11 is 1.79. The van der Waals surface area contributed by atoms with Gasteiger partial charge in [0.25, 0.3) is 0 Å². The van der Waals surface area contributed by atoms with Crippen LogP contribution in [0.25, 0.3) is 10.2 Å². The van der Waals surface area contributed by atoms with Crippen LogP contribution in [-0.2, 0) is 17.6 Å². The molecule has 0 radical (unpaired) electrons. The van der Waals surface area contributed by atoms with Gasteiger partial charge in [-0.05, 0) is 43.6 Å². The van der Waals surface area contributed by atoms with E-state index in [1.807, 2.05) is 0 Å². The highest BCUT2D eigenvalue weighted by Crippen LogP contribution is 2.40. The lowest BCUT2D eigenvalue weighted by Crippen LogP contribution is -2.43. The molecule has 0 saturated carbocycles. The second kappa shape index (κ2) is 5.74. The topological polar surface area (TPSA) is 66.3 Å². The lowest BCUT2D eigenvalue weighted by molar-refractivity contribution is -0.142. The van der Waals surface area contributed by atoms with E-state index in [0.29, 0.717) is 12.5 Å². The van der Waals surface area contributed by atoms with Crippen molar-refractivity contribution in [2.24, 2.45) is 11.8 Å². The first-order valence-corrected chi connectivity index (χ1v) is 9.18. The van der Waals surface area contributed by atoms with Gasteiger partial charge in [0.1, 0.15) is 17.0 Å². The Bertz CT molecular complexity index is 758. The van der Waals surface area contributed by atoms with Gasteiger partial charge in [-0.15, -0.1) is 11.3 Å². The molecule has 2 unspecified atom stereocenters. The number of piperidine rings is 1. The molecule has 0 spiro atoms. The Kier molecular flexibility index (Phi) is 3.71. The van der Waals surface area contributed by atoms with E-state index in [2.05, 4.69) is 21.8 Å². The van der Waals surface area contributed by atoms with Crippen molar-refractivity contribution in [2.45, 2.75) is 39.0 Å². The van der Waals surface area contributed by atoms with E-state index < -0.39 is 5.97 Å². The summed E-state index contributed by atoms with van der Waals surface area (Å²) in [5.74, 6) is 0.314. The Balaban J connectivity index is 1.79. The fourth-order valence-electron chi connectivity index (χ4n) is 4.02. The average molecular weight is 331 g/mol. The summed E-state index contributed by atoms with van der Waals surface area (Å²) in [5.41, 5.74) is 1.41. The maximum Gasteiger partial charge on any atom is 0.308 e. The summed E-state index contributed by atoms with van der Waals surface area (Å²) in [6, 6.07) is 0. The van der Waals surface area contributed by atoms with Gasteiger partial charge in [-0.2, -0.15) is 0 Å². The molecule has 6 heteroatoms. The lowest BCUT2D eigenvalue weighted by atomic mass is 9.90. The molecule has 5 nitrogen and oxygen atoms in total. The van der Waals surface area contributed by atoms with Crippen molar-refractivity contribution in [2.75, 3.05) is 18.0 Å². The van der Waals surface area contributed by atoms with E-state index in [-0.39, 0.29) is 5.92 Å². The quantitative estimate of drug-likeness (QED) is 0.916. The van der Waals surface area contributed by atoms with Crippen LogP contribution in [0.5, 0.6) is 0 Å². The Labute approximate surface area is 139 Å². The number of fused-ring (bicyclic) bond motifs is 3. The van der Waals surface area contributed by atoms with Crippen molar-refractivity contribution in [3.05, 3.63) is 16.8 Å². The van der Waals surface area contributed by atoms with Gasteiger partial charge in [0.05, 0.1) is 11.3 Å². The van der Waals surface area contributed by atoms with Crippen LogP contribution in [0.1, 0.15) is 36.6 Å². The van der Waals surface area contributed by atoms with Gasteiger partial charge >= 0.3 is 5.97 Å². The zero-order valence-electron chi connectivity index (χ0n) is 13.3. The summed E-state index contributed by atoms with van der Waals surface area (Å²) in [6.07, 6.45) is 7.10. The molecule has 2 aliphatic rings. The van der Waals surface area contributed by atoms with Crippen molar-refractivity contribution < 1.29 is 9.90 Å². The first-order chi connectivity index (χ1) is 11.1. The zero-order chi connectivity index (χ0) is 16.0. The first kappa shape index (κ1) is 14.9. The van der Waals surface area contributed by atoms with Gasteiger partial charge < -0.3 is 10.0 Å². The van der Waals surface area contributed by atoms with Gasteiger partial charge in [0.15, 0.2) is 0 Å². The molecule has 1 aliphatic heterocycles. The number of thiophene rings is 1. The number of carboxylic acids is 1. The number of hydrogen-bond acceptors (Lipinski definition) is 5. The molecular formula is C17H21N3O2S. The fraction of sp³-hybridized carbons (Fsp3) is 0.588. The maximum atomic E-state index is 11.5. The van der Waals surface area contributed by atoms with Crippen molar-refractivity contribution in [3.63, 3.8) is 0 Å². The van der Waals surface area contributed by atoms with Crippen molar-refractivity contribution in [1.82, 2.24) is 9.97 Å². The third-order valence-electron chi connectivity index (χ3n) is 5.04. The number of carboxylic acid groups (broad SMARTS) is 1. The summed E-state index contributed by atoms with van der Waals surface area (Å²) in [6.45, 7) is 3.56. The van der Waals surface area contributed by atoms with Crippen LogP contribution < -0.4 is 4.90 Å². The minimum absolute atomic E-state index is 0.307. The lowest BCUT2D eigenvalue weighted by Gasteiger charge is -2.35. The van der Waals surface area contributed by atoms with Crippen molar-refractivity contribution >= 4 is 33.3 Å². The minimum Gasteiger partial charge on any atom is -0.481 e. The smallest absolute Gasteiger partial charge is 0.308 e. The maximum absolute atomic E-state index is 11.5. The molecule has 1 fully saturated rings. The summed E-state index contributed by atoms with van der Waals surface area (Å²) in [7, 11) is 0. The molecule has 23 heavy (non-hydrogen) atoms. The Morgan fingerprint density at radius 3 is 2.96 bits per heavy atom. The fourth-order valence-corrected chi connectivity index (χ4v) is 5.24. The largest absolute Gasteiger partial charge is 0.481 e. The molecule has 1 aliphatic carbocycles. The van der Waals surface area contributed by atoms with Gasteiger partial charge in [-0.1, -0.05) is 6.92 Å². The highest BCUT2D eigenvalue weighted by atomic mass is 32.1. The number of carbonyl (C=O) groups is 1. The number of rotatable bonds is 2. The van der Waals surface area contributed by atoms with Gasteiger partial charge in [0.2, 0.25) is 0 Å². The summed E-state index contributed by atoms with van der Waals surface area (Å²) in [4.78, 5) is 25.2. The Morgan fingerprint density at radius 2 is 2.13 bits per heavy atom. The molecule has 2 atom stereocenters. The molecule has 4 rings (SSSR count). The average Bonchev–Trinajstić information content (AvgIpc) is 2.92. The van der Waals surface area contributed by atoms with Crippen LogP contribution in [-0.4, -0.2) is 34.1 Å². The Hall–Kier alpha value is -1.69. The number of aliphatic carboxylic acids is 1. The van der Waals surface area contributed by atoms with Crippen LogP contribution in [0, 0.1) is 11.8 Å². The number of nitrogens with zero attached hydrogens (tertiary/aromatic N) is 3. The molecule has 1 saturated heterocycles. The molecule has 3 heterocycles. The molecule has 0 aromatic carbocycles. The van der Waals surface area contributed by atoms with Gasteiger partial charge in [-0.25, -0.2) is 9.97 Å². The molecule has 2 aromatic heterocycles. The molecule has 122 valence electrons. The molecule has 2 aromatic rings. The Morgan fingerprint density at radius 1 is 1.30 bits per heavy atom. The summed E-state index contributed by atoms with van der Waals surface area (Å²) < 4.78 is 0. The van der Waals surface area contributed by atoms with E-state index in [1.165, 1.54) is 28.7 Å². The van der Waals surface area contributed by atoms with Crippen LogP contribution in [0.3, 0.4) is 0 Å². The zero-order valence-corrected chi connectivity index (χ0v) is 14.1. The molecule has 1 N–H and O–H groups in total. The van der Waals surface area contributed by atoms with E-state index in [1.54, 1.807) is 17.7 Å². The number of hydrogen-bond donors (Lipinski definition) is 1. The normalized spacial score (nSPS) is 24.7. The van der Waals surface area contributed by atoms with Crippen LogP contribution in [0.4, 0.5) is 5.82 Å². The predicted molar refractivity (Wildman–Crippen MR) is 91.2 cm³/mol. The van der Waals surface area contributed by atoms with E-state index in [0.717, 1.165) is 36.5 Å². The SMILES string of the molecule is CC1CC(C(=O)O)CN(c2ncnc3sc4c(c23)CCCC4)C1. The van der Waals surface area contributed by atoms with E-state index in [4.69, 9.17) is 0 Å². The monoisotopic (exact) mass is 331 g/mol. The van der Waals surface area contributed by atoms with Crippen molar-refractivity contribution in [3.8, 4) is 0 Å². The van der Waals surface area contributed by atoms with Crippen LogP contribution >= 0.6 is 11.3 Å². The second-order valence-electron chi connectivity index (χ2n) is 6.87. The third kappa shape index (κ3) is 2.59. The van der Waals surface area contributed by atoms with Crippen LogP contribution in [0.2, 0.25) is 0 Å². The standard InChI is InChI=1S/C17H21N3O2S/c1-10-6-11(17(21)22)8-20(7-10)15-14-12-4-2-3-5-13(12)23-16(14)19-9-18-15/h9-11H,2-8H2,1H3,(H,21,22). The highest BCUT2D eigenvalue weighted by molar-refractivity contribution is 7.19. The van der Waals surface area contributed by atoms with E-state index >= 15 is 0 Å².